The smallest absolute Gasteiger partial charge is 0.136 e. The molecule has 2 heteroatoms. The summed E-state index contributed by atoms with van der Waals surface area (Å²) in [7, 11) is 0. The fraction of sp³-hybridized carbons (Fsp3) is 0. The van der Waals surface area contributed by atoms with Crippen LogP contribution >= 0.6 is 0 Å². The van der Waals surface area contributed by atoms with Gasteiger partial charge in [0.15, 0.2) is 0 Å². The number of fused-ring (bicyclic) bond motifs is 6. The molecule has 1 heterocycles. The van der Waals surface area contributed by atoms with Gasteiger partial charge < -0.3 is 9.32 Å². The molecule has 10 aromatic rings. The number of anilines is 3. The second-order valence-corrected chi connectivity index (χ2v) is 13.3. The zero-order valence-corrected chi connectivity index (χ0v) is 28.4. The molecule has 0 saturated carbocycles. The second-order valence-electron chi connectivity index (χ2n) is 13.3. The lowest BCUT2D eigenvalue weighted by Gasteiger charge is -2.27. The molecule has 0 radical (unpaired) electrons. The fourth-order valence-electron chi connectivity index (χ4n) is 7.78. The number of benzene rings is 9. The molecule has 0 bridgehead atoms. The SMILES string of the molecule is c1ccc(-c2ccc(N(c3ccc(-c4cccc5oc6ccccc6c45)cc3)c3ccc4ccc5ccccc5c4c3)cc2-c2ccccc2)cc1. The number of hydrogen-bond acceptors (Lipinski definition) is 2. The molecular weight excluding hydrogens is 631 g/mol. The van der Waals surface area contributed by atoms with E-state index in [1.165, 1.54) is 43.8 Å². The molecule has 0 aliphatic rings. The Hall–Kier alpha value is -6.90. The van der Waals surface area contributed by atoms with Gasteiger partial charge in [-0.3, -0.25) is 0 Å². The molecule has 1 aromatic heterocycles. The first-order valence-corrected chi connectivity index (χ1v) is 17.8. The van der Waals surface area contributed by atoms with Gasteiger partial charge in [-0.05, 0) is 103 Å². The van der Waals surface area contributed by atoms with Gasteiger partial charge in [-0.1, -0.05) is 152 Å². The first-order chi connectivity index (χ1) is 25.8. The van der Waals surface area contributed by atoms with Crippen molar-refractivity contribution < 1.29 is 4.42 Å². The lowest BCUT2D eigenvalue weighted by Crippen LogP contribution is -2.10. The Morgan fingerprint density at radius 3 is 1.65 bits per heavy atom. The van der Waals surface area contributed by atoms with Crippen molar-refractivity contribution in [1.29, 1.82) is 0 Å². The Balaban J connectivity index is 1.17. The normalized spacial score (nSPS) is 11.5. The molecule has 10 rings (SSSR count). The summed E-state index contributed by atoms with van der Waals surface area (Å²) in [6, 6.07) is 71.8. The summed E-state index contributed by atoms with van der Waals surface area (Å²) in [5, 5.41) is 7.23. The van der Waals surface area contributed by atoms with Crippen LogP contribution < -0.4 is 4.90 Å². The van der Waals surface area contributed by atoms with E-state index < -0.39 is 0 Å². The highest BCUT2D eigenvalue weighted by molar-refractivity contribution is 6.12. The van der Waals surface area contributed by atoms with E-state index in [4.69, 9.17) is 4.42 Å². The molecule has 0 unspecified atom stereocenters. The van der Waals surface area contributed by atoms with Crippen LogP contribution in [0.15, 0.2) is 205 Å². The van der Waals surface area contributed by atoms with Crippen molar-refractivity contribution in [2.24, 2.45) is 0 Å². The van der Waals surface area contributed by atoms with Gasteiger partial charge >= 0.3 is 0 Å². The molecule has 0 N–H and O–H groups in total. The van der Waals surface area contributed by atoms with Crippen molar-refractivity contribution in [3.8, 4) is 33.4 Å². The molecule has 0 amide bonds. The average molecular weight is 664 g/mol. The summed E-state index contributed by atoms with van der Waals surface area (Å²) in [5.74, 6) is 0. The van der Waals surface area contributed by atoms with Crippen LogP contribution in [0.25, 0.3) is 76.9 Å². The summed E-state index contributed by atoms with van der Waals surface area (Å²) in [6.07, 6.45) is 0. The van der Waals surface area contributed by atoms with Gasteiger partial charge in [0.1, 0.15) is 11.2 Å². The Labute approximate surface area is 302 Å². The van der Waals surface area contributed by atoms with Crippen molar-refractivity contribution in [3.63, 3.8) is 0 Å². The number of furan rings is 1. The molecule has 2 nitrogen and oxygen atoms in total. The minimum atomic E-state index is 0.903. The van der Waals surface area contributed by atoms with Gasteiger partial charge in [0.25, 0.3) is 0 Å². The van der Waals surface area contributed by atoms with Crippen molar-refractivity contribution >= 4 is 60.5 Å². The molecule has 52 heavy (non-hydrogen) atoms. The van der Waals surface area contributed by atoms with Gasteiger partial charge in [0.2, 0.25) is 0 Å². The molecule has 0 spiro atoms. The predicted octanol–water partition coefficient (Wildman–Crippen LogP) is 14.4. The summed E-state index contributed by atoms with van der Waals surface area (Å²) in [6.45, 7) is 0. The van der Waals surface area contributed by atoms with E-state index >= 15 is 0 Å². The summed E-state index contributed by atoms with van der Waals surface area (Å²) < 4.78 is 6.24. The molecule has 0 atom stereocenters. The topological polar surface area (TPSA) is 16.4 Å². The van der Waals surface area contributed by atoms with Crippen LogP contribution in [0.4, 0.5) is 17.1 Å². The largest absolute Gasteiger partial charge is 0.456 e. The highest BCUT2D eigenvalue weighted by atomic mass is 16.3. The van der Waals surface area contributed by atoms with Crippen LogP contribution in [0, 0.1) is 0 Å². The number of rotatable bonds is 6. The summed E-state index contributed by atoms with van der Waals surface area (Å²) in [4.78, 5) is 2.39. The average Bonchev–Trinajstić information content (AvgIpc) is 3.61. The van der Waals surface area contributed by atoms with E-state index in [0.29, 0.717) is 0 Å². The second kappa shape index (κ2) is 12.5. The van der Waals surface area contributed by atoms with Gasteiger partial charge in [-0.2, -0.15) is 0 Å². The van der Waals surface area contributed by atoms with E-state index in [1.54, 1.807) is 0 Å². The molecule has 0 fully saturated rings. The Morgan fingerprint density at radius 1 is 0.308 bits per heavy atom. The molecule has 0 aliphatic carbocycles. The first-order valence-electron chi connectivity index (χ1n) is 17.8. The zero-order chi connectivity index (χ0) is 34.4. The van der Waals surface area contributed by atoms with E-state index in [2.05, 4.69) is 193 Å². The van der Waals surface area contributed by atoms with Gasteiger partial charge in [0.05, 0.1) is 0 Å². The van der Waals surface area contributed by atoms with Gasteiger partial charge in [0, 0.05) is 27.8 Å². The first kappa shape index (κ1) is 30.0. The lowest BCUT2D eigenvalue weighted by atomic mass is 9.93. The van der Waals surface area contributed by atoms with Crippen LogP contribution in [0.3, 0.4) is 0 Å². The van der Waals surface area contributed by atoms with Crippen molar-refractivity contribution in [2.75, 3.05) is 4.90 Å². The van der Waals surface area contributed by atoms with Crippen molar-refractivity contribution in [2.45, 2.75) is 0 Å². The highest BCUT2D eigenvalue weighted by Gasteiger charge is 2.18. The highest BCUT2D eigenvalue weighted by Crippen LogP contribution is 2.43. The van der Waals surface area contributed by atoms with Gasteiger partial charge in [-0.25, -0.2) is 0 Å². The maximum atomic E-state index is 6.24. The van der Waals surface area contributed by atoms with E-state index in [0.717, 1.165) is 50.1 Å². The number of para-hydroxylation sites is 1. The quantitative estimate of drug-likeness (QED) is 0.165. The minimum Gasteiger partial charge on any atom is -0.456 e. The zero-order valence-electron chi connectivity index (χ0n) is 28.4. The molecule has 244 valence electrons. The Morgan fingerprint density at radius 2 is 0.865 bits per heavy atom. The van der Waals surface area contributed by atoms with Gasteiger partial charge in [-0.15, -0.1) is 0 Å². The fourth-order valence-corrected chi connectivity index (χ4v) is 7.78. The monoisotopic (exact) mass is 663 g/mol. The van der Waals surface area contributed by atoms with Crippen molar-refractivity contribution in [1.82, 2.24) is 0 Å². The van der Waals surface area contributed by atoms with Crippen LogP contribution in [-0.4, -0.2) is 0 Å². The minimum absolute atomic E-state index is 0.903. The maximum Gasteiger partial charge on any atom is 0.136 e. The van der Waals surface area contributed by atoms with Crippen LogP contribution in [-0.2, 0) is 0 Å². The third-order valence-electron chi connectivity index (χ3n) is 10.3. The number of nitrogens with zero attached hydrogens (tertiary/aromatic N) is 1. The Kier molecular flexibility index (Phi) is 7.18. The summed E-state index contributed by atoms with van der Waals surface area (Å²) >= 11 is 0. The molecule has 0 saturated heterocycles. The standard InChI is InChI=1S/C50H33NO/c1-3-12-34(13-4-1)43-31-30-41(33-46(43)35-14-5-2-6-15-35)51(40-29-26-38-23-22-36-16-7-8-17-42(36)47(38)32-40)39-27-24-37(25-28-39)44-19-11-21-49-50(44)45-18-9-10-20-48(45)52-49/h1-33H. The van der Waals surface area contributed by atoms with Crippen LogP contribution in [0.1, 0.15) is 0 Å². The third-order valence-corrected chi connectivity index (χ3v) is 10.3. The van der Waals surface area contributed by atoms with Crippen molar-refractivity contribution in [3.05, 3.63) is 200 Å². The van der Waals surface area contributed by atoms with Crippen LogP contribution in [0.5, 0.6) is 0 Å². The predicted molar refractivity (Wildman–Crippen MR) is 220 cm³/mol. The third kappa shape index (κ3) is 5.12. The van der Waals surface area contributed by atoms with E-state index in [9.17, 15) is 0 Å². The molecule has 0 aliphatic heterocycles. The lowest BCUT2D eigenvalue weighted by molar-refractivity contribution is 0.669. The van der Waals surface area contributed by atoms with E-state index in [-0.39, 0.29) is 0 Å². The van der Waals surface area contributed by atoms with Crippen LogP contribution in [0.2, 0.25) is 0 Å². The van der Waals surface area contributed by atoms with E-state index in [1.807, 2.05) is 12.1 Å². The maximum absolute atomic E-state index is 6.24. The molecular formula is C50H33NO. The molecule has 9 aromatic carbocycles. The Bertz CT molecular complexity index is 2890. The summed E-state index contributed by atoms with van der Waals surface area (Å²) in [5.41, 5.74) is 12.2. The number of hydrogen-bond donors (Lipinski definition) is 0.